The fourth-order valence-electron chi connectivity index (χ4n) is 8.88. The van der Waals surface area contributed by atoms with Crippen molar-refractivity contribution in [1.82, 2.24) is 9.47 Å². The molecule has 3 aliphatic rings. The Bertz CT molecular complexity index is 2710. The van der Waals surface area contributed by atoms with Gasteiger partial charge in [0, 0.05) is 40.1 Å². The van der Waals surface area contributed by atoms with Crippen LogP contribution in [0.4, 0.5) is 0 Å². The van der Waals surface area contributed by atoms with Crippen molar-refractivity contribution in [3.05, 3.63) is 186 Å². The third-order valence-electron chi connectivity index (χ3n) is 11.5. The molecule has 0 amide bonds. The van der Waals surface area contributed by atoms with Gasteiger partial charge in [0.2, 0.25) is 0 Å². The molecule has 0 spiro atoms. The first-order chi connectivity index (χ1) is 26.0. The molecular formula is C49H40N4. The average molecular weight is 685 g/mol. The lowest BCUT2D eigenvalue weighted by Crippen LogP contribution is -2.36. The zero-order chi connectivity index (χ0) is 35.7. The third kappa shape index (κ3) is 4.97. The van der Waals surface area contributed by atoms with Crippen molar-refractivity contribution >= 4 is 39.2 Å². The number of aliphatic imine (C=N–C) groups is 2. The molecule has 0 bridgehead atoms. The number of allylic oxidation sites excluding steroid dienone is 2. The van der Waals surface area contributed by atoms with E-state index >= 15 is 0 Å². The molecule has 2 heterocycles. The molecular weight excluding hydrogens is 645 g/mol. The van der Waals surface area contributed by atoms with Gasteiger partial charge >= 0.3 is 0 Å². The quantitative estimate of drug-likeness (QED) is 0.178. The highest BCUT2D eigenvalue weighted by Gasteiger charge is 2.36. The summed E-state index contributed by atoms with van der Waals surface area (Å²) in [4.78, 5) is 13.0. The second kappa shape index (κ2) is 12.2. The van der Waals surface area contributed by atoms with Crippen LogP contribution in [0, 0.1) is 0 Å². The fourth-order valence-corrected chi connectivity index (χ4v) is 8.88. The Morgan fingerprint density at radius 2 is 1.30 bits per heavy atom. The van der Waals surface area contributed by atoms with Crippen molar-refractivity contribution in [3.63, 3.8) is 0 Å². The van der Waals surface area contributed by atoms with Gasteiger partial charge in [-0.2, -0.15) is 0 Å². The van der Waals surface area contributed by atoms with E-state index in [1.54, 1.807) is 0 Å². The summed E-state index contributed by atoms with van der Waals surface area (Å²) >= 11 is 0. The second-order valence-corrected chi connectivity index (χ2v) is 15.0. The predicted molar refractivity (Wildman–Crippen MR) is 221 cm³/mol. The summed E-state index contributed by atoms with van der Waals surface area (Å²) in [5.74, 6) is 1.68. The van der Waals surface area contributed by atoms with Crippen LogP contribution in [-0.2, 0) is 5.41 Å². The molecule has 0 saturated heterocycles. The van der Waals surface area contributed by atoms with E-state index in [1.165, 1.54) is 55.3 Å². The number of para-hydroxylation sites is 1. The Morgan fingerprint density at radius 1 is 0.623 bits per heavy atom. The van der Waals surface area contributed by atoms with Gasteiger partial charge in [0.05, 0.1) is 11.0 Å². The van der Waals surface area contributed by atoms with Gasteiger partial charge in [-0.25, -0.2) is 9.98 Å². The van der Waals surface area contributed by atoms with Crippen LogP contribution in [0.5, 0.6) is 0 Å². The molecule has 0 fully saturated rings. The lowest BCUT2D eigenvalue weighted by atomic mass is 9.82. The van der Waals surface area contributed by atoms with Gasteiger partial charge in [0.25, 0.3) is 0 Å². The van der Waals surface area contributed by atoms with Crippen LogP contribution in [0.1, 0.15) is 55.1 Å². The number of fused-ring (bicyclic) bond motifs is 6. The van der Waals surface area contributed by atoms with Gasteiger partial charge in [-0.3, -0.25) is 0 Å². The maximum atomic E-state index is 5.42. The largest absolute Gasteiger partial charge is 0.333 e. The maximum Gasteiger partial charge on any atom is 0.159 e. The molecule has 2 aliphatic carbocycles. The van der Waals surface area contributed by atoms with Gasteiger partial charge in [-0.1, -0.05) is 147 Å². The van der Waals surface area contributed by atoms with E-state index in [1.807, 2.05) is 0 Å². The van der Waals surface area contributed by atoms with Crippen molar-refractivity contribution < 1.29 is 0 Å². The SMILES string of the molecule is CN1C(c2ccccc2-c2ccccc2)=NC(C2=CCCC(n3c4ccccc4c4cc5c(cc43)C(C)(C)c3ccccc3-5)=C2)=NC1c1ccccc1. The summed E-state index contributed by atoms with van der Waals surface area (Å²) in [5, 5.41) is 2.57. The molecule has 1 unspecified atom stereocenters. The minimum absolute atomic E-state index is 0.0795. The minimum atomic E-state index is -0.220. The lowest BCUT2D eigenvalue weighted by Gasteiger charge is -2.33. The van der Waals surface area contributed by atoms with Crippen LogP contribution >= 0.6 is 0 Å². The molecule has 1 atom stereocenters. The van der Waals surface area contributed by atoms with Crippen molar-refractivity contribution in [2.24, 2.45) is 9.98 Å². The van der Waals surface area contributed by atoms with E-state index < -0.39 is 0 Å². The van der Waals surface area contributed by atoms with E-state index in [2.05, 4.69) is 188 Å². The van der Waals surface area contributed by atoms with Crippen LogP contribution in [0.3, 0.4) is 0 Å². The first kappa shape index (κ1) is 31.5. The Balaban J connectivity index is 1.14. The highest BCUT2D eigenvalue weighted by atomic mass is 15.3. The summed E-state index contributed by atoms with van der Waals surface area (Å²) in [6.45, 7) is 4.73. The Hall–Kier alpha value is -6.26. The zero-order valence-corrected chi connectivity index (χ0v) is 30.3. The number of rotatable bonds is 5. The minimum Gasteiger partial charge on any atom is -0.333 e. The van der Waals surface area contributed by atoms with Crippen LogP contribution in [0.15, 0.2) is 173 Å². The highest BCUT2D eigenvalue weighted by Crippen LogP contribution is 2.51. The molecule has 6 aromatic carbocycles. The first-order valence-electron chi connectivity index (χ1n) is 18.7. The standard InChI is InChI=1S/C49H40N4/c1-49(2)42-27-14-12-24-37(42)40-30-41-38-25-13-15-28-44(38)53(45(41)31-43(40)49)35-22-16-21-34(29-35)46-50-47(33-19-8-5-9-20-33)52(3)48(51-46)39-26-11-10-23-36(39)32-17-6-4-7-18-32/h4-15,17-21,23-31,47H,16,22H2,1-3H3. The Labute approximate surface area is 310 Å². The van der Waals surface area contributed by atoms with Crippen LogP contribution < -0.4 is 0 Å². The molecule has 256 valence electrons. The molecule has 0 saturated carbocycles. The summed E-state index contributed by atoms with van der Waals surface area (Å²) in [7, 11) is 2.12. The molecule has 53 heavy (non-hydrogen) atoms. The van der Waals surface area contributed by atoms with Crippen molar-refractivity contribution in [2.45, 2.75) is 38.3 Å². The average Bonchev–Trinajstić information content (AvgIpc) is 3.65. The first-order valence-corrected chi connectivity index (χ1v) is 18.7. The van der Waals surface area contributed by atoms with Crippen molar-refractivity contribution in [1.29, 1.82) is 0 Å². The van der Waals surface area contributed by atoms with E-state index in [0.29, 0.717) is 0 Å². The highest BCUT2D eigenvalue weighted by molar-refractivity contribution is 6.17. The molecule has 0 N–H and O–H groups in total. The molecule has 1 aliphatic heterocycles. The number of amidine groups is 2. The van der Waals surface area contributed by atoms with Crippen molar-refractivity contribution in [2.75, 3.05) is 7.05 Å². The number of hydrogen-bond donors (Lipinski definition) is 0. The van der Waals surface area contributed by atoms with Gasteiger partial charge in [-0.05, 0) is 76.1 Å². The molecule has 10 rings (SSSR count). The normalized spacial score (nSPS) is 17.6. The summed E-state index contributed by atoms with van der Waals surface area (Å²) < 4.78 is 2.51. The monoisotopic (exact) mass is 684 g/mol. The Morgan fingerprint density at radius 3 is 2.11 bits per heavy atom. The van der Waals surface area contributed by atoms with Crippen LogP contribution in [0.2, 0.25) is 0 Å². The summed E-state index contributed by atoms with van der Waals surface area (Å²) in [6.07, 6.45) is 6.29. The van der Waals surface area contributed by atoms with Gasteiger partial charge in [-0.15, -0.1) is 0 Å². The predicted octanol–water partition coefficient (Wildman–Crippen LogP) is 11.8. The van der Waals surface area contributed by atoms with Crippen LogP contribution in [0.25, 0.3) is 49.8 Å². The molecule has 4 nitrogen and oxygen atoms in total. The molecule has 7 aromatic rings. The number of aromatic nitrogens is 1. The Kier molecular flexibility index (Phi) is 7.23. The second-order valence-electron chi connectivity index (χ2n) is 15.0. The lowest BCUT2D eigenvalue weighted by molar-refractivity contribution is 0.383. The van der Waals surface area contributed by atoms with Gasteiger partial charge in [0.15, 0.2) is 5.84 Å². The number of benzene rings is 6. The summed E-state index contributed by atoms with van der Waals surface area (Å²) in [6, 6.07) is 52.5. The van der Waals surface area contributed by atoms with E-state index in [4.69, 9.17) is 9.98 Å². The van der Waals surface area contributed by atoms with E-state index in [9.17, 15) is 0 Å². The zero-order valence-electron chi connectivity index (χ0n) is 30.3. The van der Waals surface area contributed by atoms with Crippen molar-refractivity contribution in [3.8, 4) is 22.3 Å². The van der Waals surface area contributed by atoms with E-state index in [0.717, 1.165) is 46.8 Å². The van der Waals surface area contributed by atoms with Crippen LogP contribution in [-0.4, -0.2) is 28.2 Å². The molecule has 0 radical (unpaired) electrons. The van der Waals surface area contributed by atoms with Gasteiger partial charge in [0.1, 0.15) is 12.0 Å². The molecule has 4 heteroatoms. The smallest absolute Gasteiger partial charge is 0.159 e. The van der Waals surface area contributed by atoms with E-state index in [-0.39, 0.29) is 11.6 Å². The fraction of sp³-hybridized carbons (Fsp3) is 0.143. The number of nitrogens with zero attached hydrogens (tertiary/aromatic N) is 4. The summed E-state index contributed by atoms with van der Waals surface area (Å²) in [5.41, 5.74) is 14.8. The van der Waals surface area contributed by atoms with Gasteiger partial charge < -0.3 is 9.47 Å². The maximum absolute atomic E-state index is 5.42. The number of hydrogen-bond acceptors (Lipinski definition) is 3. The molecule has 1 aromatic heterocycles. The topological polar surface area (TPSA) is 32.9 Å². The third-order valence-corrected chi connectivity index (χ3v) is 11.5.